The monoisotopic (exact) mass is 495 g/mol. The number of carbonyl (C=O) groups excluding carboxylic acids is 3. The Bertz CT molecular complexity index is 1350. The standard InChI is InChI=1S/C25H19Cl2N3O4/c1-14-12-16(26)10-11-18(14)29-23(31)15-6-5-7-17(13-15)28-22-21(27)24(32)30(25(22)33)19-8-3-4-9-20(19)34-2/h3-13,28H,1-2H3,(H,29,31). The van der Waals surface area contributed by atoms with Crippen LogP contribution < -0.4 is 20.3 Å². The summed E-state index contributed by atoms with van der Waals surface area (Å²) in [6.07, 6.45) is 0. The van der Waals surface area contributed by atoms with Crippen LogP contribution in [-0.2, 0) is 9.59 Å². The molecule has 9 heteroatoms. The van der Waals surface area contributed by atoms with Gasteiger partial charge in [-0.2, -0.15) is 0 Å². The molecule has 1 aliphatic rings. The first-order valence-corrected chi connectivity index (χ1v) is 10.9. The van der Waals surface area contributed by atoms with Crippen molar-refractivity contribution in [2.75, 3.05) is 22.6 Å². The van der Waals surface area contributed by atoms with E-state index in [4.69, 9.17) is 27.9 Å². The van der Waals surface area contributed by atoms with Gasteiger partial charge in [0, 0.05) is 22.0 Å². The van der Waals surface area contributed by atoms with Gasteiger partial charge in [0.15, 0.2) is 0 Å². The average Bonchev–Trinajstić information content (AvgIpc) is 3.04. The quantitative estimate of drug-likeness (QED) is 0.450. The lowest BCUT2D eigenvalue weighted by Gasteiger charge is -2.18. The molecule has 0 saturated heterocycles. The summed E-state index contributed by atoms with van der Waals surface area (Å²) in [4.78, 5) is 39.6. The molecule has 1 heterocycles. The molecule has 0 bridgehead atoms. The molecule has 3 aromatic rings. The first-order valence-electron chi connectivity index (χ1n) is 10.2. The number of anilines is 3. The smallest absolute Gasteiger partial charge is 0.283 e. The zero-order valence-corrected chi connectivity index (χ0v) is 19.7. The number of nitrogens with zero attached hydrogens (tertiary/aromatic N) is 1. The molecule has 0 unspecified atom stereocenters. The summed E-state index contributed by atoms with van der Waals surface area (Å²) in [5, 5.41) is 6.03. The fraction of sp³-hybridized carbons (Fsp3) is 0.0800. The van der Waals surface area contributed by atoms with Crippen LogP contribution in [0, 0.1) is 6.92 Å². The van der Waals surface area contributed by atoms with Gasteiger partial charge in [0.1, 0.15) is 16.5 Å². The average molecular weight is 496 g/mol. The summed E-state index contributed by atoms with van der Waals surface area (Å²) < 4.78 is 5.27. The SMILES string of the molecule is COc1ccccc1N1C(=O)C(Cl)=C(Nc2cccc(C(=O)Nc3ccc(Cl)cc3C)c2)C1=O. The molecule has 0 fully saturated rings. The van der Waals surface area contributed by atoms with Gasteiger partial charge >= 0.3 is 0 Å². The van der Waals surface area contributed by atoms with Gasteiger partial charge in [-0.25, -0.2) is 4.90 Å². The Balaban J connectivity index is 1.56. The summed E-state index contributed by atoms with van der Waals surface area (Å²) in [7, 11) is 1.44. The molecule has 7 nitrogen and oxygen atoms in total. The van der Waals surface area contributed by atoms with Gasteiger partial charge in [-0.3, -0.25) is 14.4 Å². The maximum atomic E-state index is 13.1. The molecule has 0 radical (unpaired) electrons. The zero-order valence-electron chi connectivity index (χ0n) is 18.2. The van der Waals surface area contributed by atoms with Crippen LogP contribution in [-0.4, -0.2) is 24.8 Å². The minimum absolute atomic E-state index is 0.0938. The molecule has 3 amide bonds. The summed E-state index contributed by atoms with van der Waals surface area (Å²) >= 11 is 12.2. The normalized spacial score (nSPS) is 13.4. The lowest BCUT2D eigenvalue weighted by atomic mass is 10.1. The molecule has 0 spiro atoms. The second-order valence-corrected chi connectivity index (χ2v) is 8.24. The summed E-state index contributed by atoms with van der Waals surface area (Å²) in [6, 6.07) is 18.3. The highest BCUT2D eigenvalue weighted by Crippen LogP contribution is 2.35. The lowest BCUT2D eigenvalue weighted by Crippen LogP contribution is -2.32. The van der Waals surface area contributed by atoms with E-state index in [-0.39, 0.29) is 22.3 Å². The molecule has 172 valence electrons. The summed E-state index contributed by atoms with van der Waals surface area (Å²) in [5.74, 6) is -1.30. The highest BCUT2D eigenvalue weighted by Gasteiger charge is 2.40. The first-order chi connectivity index (χ1) is 16.3. The number of hydrogen-bond acceptors (Lipinski definition) is 5. The Kier molecular flexibility index (Phi) is 6.58. The number of carbonyl (C=O) groups is 3. The number of rotatable bonds is 6. The molecule has 0 saturated carbocycles. The van der Waals surface area contributed by atoms with Crippen LogP contribution in [0.4, 0.5) is 17.1 Å². The van der Waals surface area contributed by atoms with E-state index in [1.807, 2.05) is 6.92 Å². The van der Waals surface area contributed by atoms with Gasteiger partial charge in [-0.15, -0.1) is 0 Å². The number of ether oxygens (including phenoxy) is 1. The van der Waals surface area contributed by atoms with Gasteiger partial charge in [-0.05, 0) is 61.0 Å². The Morgan fingerprint density at radius 2 is 1.71 bits per heavy atom. The summed E-state index contributed by atoms with van der Waals surface area (Å²) in [6.45, 7) is 1.84. The van der Waals surface area contributed by atoms with Gasteiger partial charge in [0.05, 0.1) is 12.8 Å². The Hall–Kier alpha value is -3.81. The van der Waals surface area contributed by atoms with E-state index in [1.165, 1.54) is 7.11 Å². The van der Waals surface area contributed by atoms with Crippen molar-refractivity contribution in [2.24, 2.45) is 0 Å². The van der Waals surface area contributed by atoms with E-state index >= 15 is 0 Å². The second kappa shape index (κ2) is 9.59. The largest absolute Gasteiger partial charge is 0.495 e. The Morgan fingerprint density at radius 3 is 2.44 bits per heavy atom. The third kappa shape index (κ3) is 4.48. The maximum absolute atomic E-state index is 13.1. The topological polar surface area (TPSA) is 87.7 Å². The van der Waals surface area contributed by atoms with Gasteiger partial charge < -0.3 is 15.4 Å². The highest BCUT2D eigenvalue weighted by molar-refractivity contribution is 6.53. The third-order valence-corrected chi connectivity index (χ3v) is 5.77. The number of halogens is 2. The number of imide groups is 1. The number of benzene rings is 3. The Morgan fingerprint density at radius 1 is 0.941 bits per heavy atom. The fourth-order valence-corrected chi connectivity index (χ4v) is 3.93. The molecule has 2 N–H and O–H groups in total. The van der Waals surface area contributed by atoms with Crippen LogP contribution in [0.15, 0.2) is 77.5 Å². The predicted octanol–water partition coefficient (Wildman–Crippen LogP) is 5.35. The van der Waals surface area contributed by atoms with E-state index < -0.39 is 11.8 Å². The minimum Gasteiger partial charge on any atom is -0.495 e. The maximum Gasteiger partial charge on any atom is 0.283 e. The Labute approximate surface area is 205 Å². The van der Waals surface area contributed by atoms with E-state index in [0.29, 0.717) is 27.7 Å². The molecule has 34 heavy (non-hydrogen) atoms. The summed E-state index contributed by atoms with van der Waals surface area (Å²) in [5.41, 5.74) is 2.39. The molecule has 1 aliphatic heterocycles. The van der Waals surface area contributed by atoms with Crippen molar-refractivity contribution < 1.29 is 19.1 Å². The van der Waals surface area contributed by atoms with Crippen molar-refractivity contribution in [1.82, 2.24) is 0 Å². The van der Waals surface area contributed by atoms with Crippen LogP contribution in [0.1, 0.15) is 15.9 Å². The van der Waals surface area contributed by atoms with E-state index in [1.54, 1.807) is 66.7 Å². The number of amides is 3. The van der Waals surface area contributed by atoms with Crippen LogP contribution >= 0.6 is 23.2 Å². The van der Waals surface area contributed by atoms with E-state index in [0.717, 1.165) is 10.5 Å². The van der Waals surface area contributed by atoms with Gasteiger partial charge in [-0.1, -0.05) is 41.4 Å². The third-order valence-electron chi connectivity index (χ3n) is 5.18. The van der Waals surface area contributed by atoms with Crippen molar-refractivity contribution in [3.63, 3.8) is 0 Å². The number of hydrogen-bond donors (Lipinski definition) is 2. The van der Waals surface area contributed by atoms with E-state index in [2.05, 4.69) is 10.6 Å². The van der Waals surface area contributed by atoms with Crippen LogP contribution in [0.3, 0.4) is 0 Å². The van der Waals surface area contributed by atoms with Crippen molar-refractivity contribution in [3.05, 3.63) is 93.6 Å². The predicted molar refractivity (Wildman–Crippen MR) is 133 cm³/mol. The van der Waals surface area contributed by atoms with Crippen molar-refractivity contribution >= 4 is 58.0 Å². The molecule has 0 aromatic heterocycles. The van der Waals surface area contributed by atoms with Crippen LogP contribution in [0.2, 0.25) is 5.02 Å². The van der Waals surface area contributed by atoms with Crippen molar-refractivity contribution in [3.8, 4) is 5.75 Å². The van der Waals surface area contributed by atoms with Crippen LogP contribution in [0.5, 0.6) is 5.75 Å². The van der Waals surface area contributed by atoms with Gasteiger partial charge in [0.25, 0.3) is 17.7 Å². The highest BCUT2D eigenvalue weighted by atomic mass is 35.5. The molecular formula is C25H19Cl2N3O4. The molecule has 0 atom stereocenters. The molecule has 4 rings (SSSR count). The van der Waals surface area contributed by atoms with Crippen LogP contribution in [0.25, 0.3) is 0 Å². The fourth-order valence-electron chi connectivity index (χ4n) is 3.49. The molecule has 3 aromatic carbocycles. The lowest BCUT2D eigenvalue weighted by molar-refractivity contribution is -0.120. The zero-order chi connectivity index (χ0) is 24.4. The number of para-hydroxylation sites is 2. The second-order valence-electron chi connectivity index (χ2n) is 7.43. The number of methoxy groups -OCH3 is 1. The van der Waals surface area contributed by atoms with Crippen molar-refractivity contribution in [2.45, 2.75) is 6.92 Å². The molecule has 0 aliphatic carbocycles. The minimum atomic E-state index is -0.675. The number of aryl methyl sites for hydroxylation is 1. The van der Waals surface area contributed by atoms with E-state index in [9.17, 15) is 14.4 Å². The molecular weight excluding hydrogens is 477 g/mol. The first kappa shape index (κ1) is 23.4. The van der Waals surface area contributed by atoms with Crippen molar-refractivity contribution in [1.29, 1.82) is 0 Å². The van der Waals surface area contributed by atoms with Gasteiger partial charge in [0.2, 0.25) is 0 Å². The number of nitrogens with one attached hydrogen (secondary N) is 2.